The first kappa shape index (κ1) is 18.7. The van der Waals surface area contributed by atoms with E-state index >= 15 is 0 Å². The highest BCUT2D eigenvalue weighted by atomic mass is 32.1. The lowest BCUT2D eigenvalue weighted by atomic mass is 10.2. The van der Waals surface area contributed by atoms with Gasteiger partial charge in [0.25, 0.3) is 0 Å². The summed E-state index contributed by atoms with van der Waals surface area (Å²) in [5.74, 6) is 0.917. The van der Waals surface area contributed by atoms with Gasteiger partial charge in [-0.3, -0.25) is 4.90 Å². The summed E-state index contributed by atoms with van der Waals surface area (Å²) in [4.78, 5) is 8.28. The van der Waals surface area contributed by atoms with Crippen molar-refractivity contribution in [2.75, 3.05) is 25.4 Å². The summed E-state index contributed by atoms with van der Waals surface area (Å²) in [7, 11) is 0. The van der Waals surface area contributed by atoms with Crippen LogP contribution in [-0.2, 0) is 19.4 Å². The summed E-state index contributed by atoms with van der Waals surface area (Å²) in [6.07, 6.45) is 6.41. The van der Waals surface area contributed by atoms with Crippen LogP contribution >= 0.6 is 11.3 Å². The van der Waals surface area contributed by atoms with E-state index in [0.29, 0.717) is 11.7 Å². The second kappa shape index (κ2) is 9.04. The van der Waals surface area contributed by atoms with Crippen LogP contribution in [0.2, 0.25) is 0 Å². The van der Waals surface area contributed by atoms with Gasteiger partial charge in [0.15, 0.2) is 5.13 Å². The Morgan fingerprint density at radius 2 is 1.82 bits per heavy atom. The van der Waals surface area contributed by atoms with Gasteiger partial charge in [0.05, 0.1) is 5.69 Å². The van der Waals surface area contributed by atoms with E-state index in [1.54, 1.807) is 11.3 Å². The highest BCUT2D eigenvalue weighted by molar-refractivity contribution is 7.15. The van der Waals surface area contributed by atoms with Crippen molar-refractivity contribution < 1.29 is 4.74 Å². The Kier molecular flexibility index (Phi) is 6.04. The molecule has 1 aliphatic heterocycles. The summed E-state index contributed by atoms with van der Waals surface area (Å²) in [5, 5.41) is 0.699. The average molecular weight is 392 g/mol. The third kappa shape index (κ3) is 4.80. The minimum absolute atomic E-state index is 0.580. The third-order valence-electron chi connectivity index (χ3n) is 4.93. The zero-order chi connectivity index (χ0) is 19.2. The van der Waals surface area contributed by atoms with Crippen LogP contribution in [0.1, 0.15) is 21.7 Å². The van der Waals surface area contributed by atoms with Crippen LogP contribution in [0.25, 0.3) is 6.08 Å². The number of anilines is 1. The van der Waals surface area contributed by atoms with Gasteiger partial charge in [-0.25, -0.2) is 4.98 Å². The Balaban J connectivity index is 1.34. The zero-order valence-electron chi connectivity index (χ0n) is 15.9. The number of hydrogen-bond acceptors (Lipinski definition) is 5. The summed E-state index contributed by atoms with van der Waals surface area (Å²) < 4.78 is 6.05. The Morgan fingerprint density at radius 1 is 1.04 bits per heavy atom. The Labute approximate surface area is 170 Å². The van der Waals surface area contributed by atoms with Gasteiger partial charge in [-0.15, -0.1) is 11.3 Å². The maximum atomic E-state index is 6.05. The maximum Gasteiger partial charge on any atom is 0.180 e. The maximum absolute atomic E-state index is 6.05. The first-order chi connectivity index (χ1) is 13.8. The fraction of sp³-hybridized carbons (Fsp3) is 0.261. The Morgan fingerprint density at radius 3 is 2.71 bits per heavy atom. The quantitative estimate of drug-likeness (QED) is 0.676. The van der Waals surface area contributed by atoms with Gasteiger partial charge in [0.1, 0.15) is 12.4 Å². The lowest BCUT2D eigenvalue weighted by Gasteiger charge is -2.17. The predicted molar refractivity (Wildman–Crippen MR) is 117 cm³/mol. The van der Waals surface area contributed by atoms with Crippen molar-refractivity contribution in [3.05, 3.63) is 82.4 Å². The van der Waals surface area contributed by atoms with Gasteiger partial charge in [-0.2, -0.15) is 0 Å². The molecule has 0 bridgehead atoms. The third-order valence-corrected chi connectivity index (χ3v) is 5.92. The smallest absolute Gasteiger partial charge is 0.180 e. The molecule has 0 saturated heterocycles. The van der Waals surface area contributed by atoms with Crippen LogP contribution in [0.4, 0.5) is 5.13 Å². The predicted octanol–water partition coefficient (Wildman–Crippen LogP) is 4.42. The largest absolute Gasteiger partial charge is 0.488 e. The van der Waals surface area contributed by atoms with E-state index in [1.807, 2.05) is 30.3 Å². The number of thiazole rings is 1. The molecule has 144 valence electrons. The number of nitrogens with zero attached hydrogens (tertiary/aromatic N) is 2. The molecule has 5 heteroatoms. The van der Waals surface area contributed by atoms with Crippen LogP contribution in [0, 0.1) is 0 Å². The molecule has 0 atom stereocenters. The van der Waals surface area contributed by atoms with Crippen molar-refractivity contribution in [2.24, 2.45) is 0 Å². The fourth-order valence-corrected chi connectivity index (χ4v) is 4.29. The molecule has 1 aromatic heterocycles. The molecule has 0 radical (unpaired) electrons. The lowest BCUT2D eigenvalue weighted by Crippen LogP contribution is -2.26. The van der Waals surface area contributed by atoms with Gasteiger partial charge < -0.3 is 10.5 Å². The molecule has 1 aliphatic rings. The highest BCUT2D eigenvalue weighted by Crippen LogP contribution is 2.24. The van der Waals surface area contributed by atoms with Crippen LogP contribution < -0.4 is 10.5 Å². The molecule has 28 heavy (non-hydrogen) atoms. The lowest BCUT2D eigenvalue weighted by molar-refractivity contribution is 0.305. The van der Waals surface area contributed by atoms with Crippen LogP contribution in [0.3, 0.4) is 0 Å². The first-order valence-corrected chi connectivity index (χ1v) is 10.5. The molecule has 4 nitrogen and oxygen atoms in total. The van der Waals surface area contributed by atoms with Crippen LogP contribution in [0.5, 0.6) is 5.75 Å². The van der Waals surface area contributed by atoms with Crippen molar-refractivity contribution in [1.82, 2.24) is 9.88 Å². The van der Waals surface area contributed by atoms with E-state index in [1.165, 1.54) is 16.1 Å². The van der Waals surface area contributed by atoms with E-state index < -0.39 is 0 Å². The van der Waals surface area contributed by atoms with Gasteiger partial charge >= 0.3 is 0 Å². The monoisotopic (exact) mass is 391 g/mol. The number of nitrogen functional groups attached to an aromatic ring is 1. The molecular formula is C23H25N3OS. The number of ether oxygens (including phenoxy) is 1. The molecule has 2 N–H and O–H groups in total. The fourth-order valence-electron chi connectivity index (χ4n) is 3.43. The summed E-state index contributed by atoms with van der Waals surface area (Å²) in [5.41, 5.74) is 9.31. The molecule has 0 aliphatic carbocycles. The molecular weight excluding hydrogens is 366 g/mol. The normalized spacial score (nSPS) is 14.7. The molecule has 2 heterocycles. The second-order valence-corrected chi connectivity index (χ2v) is 8.05. The van der Waals surface area contributed by atoms with Gasteiger partial charge in [-0.05, 0) is 18.1 Å². The van der Waals surface area contributed by atoms with Gasteiger partial charge in [-0.1, -0.05) is 60.7 Å². The number of fused-ring (bicyclic) bond motifs is 1. The summed E-state index contributed by atoms with van der Waals surface area (Å²) >= 11 is 1.64. The Hall–Kier alpha value is -2.63. The SMILES string of the molecule is Nc1nc2c(s1)CCN(C/C=C/c1ccccc1OCc1ccccc1)CC2. The summed E-state index contributed by atoms with van der Waals surface area (Å²) in [6, 6.07) is 18.5. The van der Waals surface area contributed by atoms with Crippen LogP contribution in [-0.4, -0.2) is 29.5 Å². The minimum atomic E-state index is 0.580. The average Bonchev–Trinajstić information content (AvgIpc) is 2.98. The second-order valence-electron chi connectivity index (χ2n) is 6.94. The van der Waals surface area contributed by atoms with Gasteiger partial charge in [0.2, 0.25) is 0 Å². The van der Waals surface area contributed by atoms with E-state index in [2.05, 4.69) is 46.3 Å². The molecule has 0 saturated carbocycles. The van der Waals surface area contributed by atoms with E-state index in [-0.39, 0.29) is 0 Å². The topological polar surface area (TPSA) is 51.4 Å². The van der Waals surface area contributed by atoms with Gasteiger partial charge in [0, 0.05) is 36.5 Å². The Bertz CT molecular complexity index is 911. The van der Waals surface area contributed by atoms with Crippen molar-refractivity contribution >= 4 is 22.5 Å². The molecule has 0 amide bonds. The van der Waals surface area contributed by atoms with Crippen LogP contribution in [0.15, 0.2) is 60.7 Å². The number of rotatable bonds is 6. The molecule has 3 aromatic rings. The molecule has 0 fully saturated rings. The van der Waals surface area contributed by atoms with E-state index in [4.69, 9.17) is 10.5 Å². The highest BCUT2D eigenvalue weighted by Gasteiger charge is 2.16. The number of nitrogens with two attached hydrogens (primary N) is 1. The zero-order valence-corrected chi connectivity index (χ0v) is 16.7. The molecule has 0 unspecified atom stereocenters. The number of para-hydroxylation sites is 1. The molecule has 0 spiro atoms. The first-order valence-electron chi connectivity index (χ1n) is 9.66. The van der Waals surface area contributed by atoms with E-state index in [0.717, 1.165) is 43.8 Å². The summed E-state index contributed by atoms with van der Waals surface area (Å²) in [6.45, 7) is 3.57. The number of benzene rings is 2. The van der Waals surface area contributed by atoms with Crippen molar-refractivity contribution in [3.63, 3.8) is 0 Å². The minimum Gasteiger partial charge on any atom is -0.488 e. The van der Waals surface area contributed by atoms with Crippen molar-refractivity contribution in [3.8, 4) is 5.75 Å². The molecule has 4 rings (SSSR count). The number of aromatic nitrogens is 1. The van der Waals surface area contributed by atoms with E-state index in [9.17, 15) is 0 Å². The van der Waals surface area contributed by atoms with Crippen molar-refractivity contribution in [2.45, 2.75) is 19.4 Å². The number of hydrogen-bond donors (Lipinski definition) is 1. The van der Waals surface area contributed by atoms with Crippen molar-refractivity contribution in [1.29, 1.82) is 0 Å². The molecule has 2 aromatic carbocycles. The standard InChI is InChI=1S/C23H25N3OS/c24-23-25-20-12-15-26(16-13-22(20)28-23)14-6-10-19-9-4-5-11-21(19)27-17-18-7-2-1-3-8-18/h1-11H,12-17H2,(H2,24,25)/b10-6+.